The Hall–Kier alpha value is -4.38. The molecule has 0 aliphatic carbocycles. The van der Waals surface area contributed by atoms with Gasteiger partial charge in [0.2, 0.25) is 0 Å². The average Bonchev–Trinajstić information content (AvgIpc) is 3.21. The molecule has 200 valence electrons. The summed E-state index contributed by atoms with van der Waals surface area (Å²) in [5.41, 5.74) is 7.94. The molecule has 0 saturated carbocycles. The molecule has 6 rings (SSSR count). The minimum Gasteiger partial charge on any atom is -0.311 e. The molecule has 0 atom stereocenters. The van der Waals surface area contributed by atoms with E-state index in [-0.39, 0.29) is 0 Å². The van der Waals surface area contributed by atoms with E-state index in [9.17, 15) is 0 Å². The largest absolute Gasteiger partial charge is 0.311 e. The molecule has 0 bridgehead atoms. The van der Waals surface area contributed by atoms with Crippen LogP contribution >= 0.6 is 0 Å². The molecule has 1 saturated heterocycles. The van der Waals surface area contributed by atoms with E-state index in [1.807, 2.05) is 52.0 Å². The molecule has 1 aliphatic rings. The van der Waals surface area contributed by atoms with Crippen molar-refractivity contribution in [3.8, 4) is 22.3 Å². The molecule has 0 amide bonds. The summed E-state index contributed by atoms with van der Waals surface area (Å²) in [6.07, 6.45) is 0. The van der Waals surface area contributed by atoms with E-state index in [0.717, 1.165) is 22.7 Å². The molecule has 4 nitrogen and oxygen atoms in total. The lowest BCUT2D eigenvalue weighted by atomic mass is 9.90. The van der Waals surface area contributed by atoms with Crippen molar-refractivity contribution >= 4 is 22.7 Å². The molecule has 5 aromatic carbocycles. The minimum atomic E-state index is -0.446. The zero-order chi connectivity index (χ0) is 27.7. The number of nitrogens with zero attached hydrogens (tertiary/aromatic N) is 2. The van der Waals surface area contributed by atoms with Crippen LogP contribution in [0.25, 0.3) is 22.3 Å². The highest BCUT2D eigenvalue weighted by Gasteiger charge is 2.50. The van der Waals surface area contributed by atoms with Crippen molar-refractivity contribution in [2.24, 2.45) is 0 Å². The van der Waals surface area contributed by atoms with Crippen molar-refractivity contribution in [1.82, 2.24) is 0 Å². The molecule has 1 aliphatic heterocycles. The Morgan fingerprint density at radius 2 is 0.750 bits per heavy atom. The van der Waals surface area contributed by atoms with Crippen LogP contribution in [-0.4, -0.2) is 11.2 Å². The van der Waals surface area contributed by atoms with Gasteiger partial charge in [0.05, 0.1) is 5.69 Å². The first-order chi connectivity index (χ1) is 19.3. The summed E-state index contributed by atoms with van der Waals surface area (Å²) in [6, 6.07) is 46.7. The van der Waals surface area contributed by atoms with E-state index >= 15 is 0 Å². The number of rotatable bonds is 6. The van der Waals surface area contributed by atoms with Gasteiger partial charge in [-0.3, -0.25) is 0 Å². The highest BCUT2D eigenvalue weighted by Crippen LogP contribution is 2.41. The number of hydrogen-bond donors (Lipinski definition) is 0. The molecular weight excluding hydrogens is 492 g/mol. The van der Waals surface area contributed by atoms with Gasteiger partial charge in [-0.2, -0.15) is 0 Å². The lowest BCUT2D eigenvalue weighted by molar-refractivity contribution is -0.0272. The first kappa shape index (κ1) is 25.9. The fourth-order valence-electron chi connectivity index (χ4n) is 4.80. The summed E-state index contributed by atoms with van der Waals surface area (Å²) >= 11 is 0. The summed E-state index contributed by atoms with van der Waals surface area (Å²) in [7, 11) is 0. The molecule has 0 unspecified atom stereocenters. The Labute approximate surface area is 236 Å². The first-order valence-corrected chi connectivity index (χ1v) is 13.7. The minimum absolute atomic E-state index is 0.446. The molecular formula is C36H34N2O2. The predicted molar refractivity (Wildman–Crippen MR) is 165 cm³/mol. The Morgan fingerprint density at radius 1 is 0.425 bits per heavy atom. The van der Waals surface area contributed by atoms with Crippen LogP contribution < -0.4 is 10.1 Å². The van der Waals surface area contributed by atoms with Gasteiger partial charge in [0.1, 0.15) is 11.2 Å². The van der Waals surface area contributed by atoms with Gasteiger partial charge in [-0.15, -0.1) is 5.23 Å². The number of anilines is 4. The van der Waals surface area contributed by atoms with Gasteiger partial charge in [0.15, 0.2) is 0 Å². The maximum absolute atomic E-state index is 6.13. The first-order valence-electron chi connectivity index (χ1n) is 13.7. The average molecular weight is 527 g/mol. The van der Waals surface area contributed by atoms with Crippen molar-refractivity contribution < 1.29 is 9.68 Å². The van der Waals surface area contributed by atoms with E-state index in [4.69, 9.17) is 9.68 Å². The van der Waals surface area contributed by atoms with Crippen LogP contribution in [0.3, 0.4) is 0 Å². The van der Waals surface area contributed by atoms with Crippen LogP contribution in [0, 0.1) is 0 Å². The lowest BCUT2D eigenvalue weighted by Crippen LogP contribution is -2.41. The van der Waals surface area contributed by atoms with E-state index in [0.29, 0.717) is 0 Å². The molecule has 5 aromatic rings. The number of hydrogen-bond acceptors (Lipinski definition) is 4. The monoisotopic (exact) mass is 526 g/mol. The summed E-state index contributed by atoms with van der Waals surface area (Å²) in [5.74, 6) is 0. The van der Waals surface area contributed by atoms with Gasteiger partial charge in [-0.05, 0) is 98.5 Å². The second-order valence-electron chi connectivity index (χ2n) is 11.1. The van der Waals surface area contributed by atoms with Crippen LogP contribution in [0.2, 0.25) is 0 Å². The molecule has 0 spiro atoms. The third-order valence-corrected chi connectivity index (χ3v) is 7.86. The SMILES string of the molecule is CC1(C)ON(c2ccc(N(c3ccc(-c4ccccc4)cc3)c3ccc(-c4ccccc4)cc3)cc2)OC1(C)C. The van der Waals surface area contributed by atoms with Crippen LogP contribution in [0.1, 0.15) is 27.7 Å². The zero-order valence-corrected chi connectivity index (χ0v) is 23.4. The smallest absolute Gasteiger partial charge is 0.124 e. The van der Waals surface area contributed by atoms with Crippen molar-refractivity contribution in [2.45, 2.75) is 38.9 Å². The molecule has 0 radical (unpaired) electrons. The maximum Gasteiger partial charge on any atom is 0.124 e. The molecule has 0 aromatic heterocycles. The van der Waals surface area contributed by atoms with Gasteiger partial charge in [0, 0.05) is 17.1 Å². The van der Waals surface area contributed by atoms with E-state index in [2.05, 4.69) is 114 Å². The summed E-state index contributed by atoms with van der Waals surface area (Å²) in [6.45, 7) is 8.17. The van der Waals surface area contributed by atoms with Crippen molar-refractivity contribution in [2.75, 3.05) is 10.1 Å². The summed E-state index contributed by atoms with van der Waals surface area (Å²) < 4.78 is 0. The van der Waals surface area contributed by atoms with Crippen molar-refractivity contribution in [3.05, 3.63) is 133 Å². The zero-order valence-electron chi connectivity index (χ0n) is 23.4. The van der Waals surface area contributed by atoms with E-state index in [1.165, 1.54) is 27.5 Å². The van der Waals surface area contributed by atoms with Gasteiger partial charge in [0.25, 0.3) is 0 Å². The molecule has 0 N–H and O–H groups in total. The third-order valence-electron chi connectivity index (χ3n) is 7.86. The van der Waals surface area contributed by atoms with Gasteiger partial charge < -0.3 is 4.90 Å². The van der Waals surface area contributed by atoms with Gasteiger partial charge in [-0.1, -0.05) is 84.9 Å². The van der Waals surface area contributed by atoms with Crippen LogP contribution in [-0.2, 0) is 9.68 Å². The van der Waals surface area contributed by atoms with Crippen LogP contribution in [0.15, 0.2) is 133 Å². The number of benzene rings is 5. The predicted octanol–water partition coefficient (Wildman–Crippen LogP) is 9.73. The highest BCUT2D eigenvalue weighted by molar-refractivity contribution is 5.80. The fourth-order valence-corrected chi connectivity index (χ4v) is 4.80. The summed E-state index contributed by atoms with van der Waals surface area (Å²) in [4.78, 5) is 14.5. The molecule has 40 heavy (non-hydrogen) atoms. The fraction of sp³-hybridized carbons (Fsp3) is 0.167. The van der Waals surface area contributed by atoms with Gasteiger partial charge in [-0.25, -0.2) is 9.68 Å². The molecule has 1 heterocycles. The second kappa shape index (κ2) is 10.3. The third kappa shape index (κ3) is 5.00. The normalized spacial score (nSPS) is 15.7. The Bertz CT molecular complexity index is 1460. The van der Waals surface area contributed by atoms with E-state index < -0.39 is 11.2 Å². The highest BCUT2D eigenvalue weighted by atomic mass is 17.0. The second-order valence-corrected chi connectivity index (χ2v) is 11.1. The van der Waals surface area contributed by atoms with Crippen LogP contribution in [0.5, 0.6) is 0 Å². The maximum atomic E-state index is 6.13. The van der Waals surface area contributed by atoms with Crippen LogP contribution in [0.4, 0.5) is 22.7 Å². The Balaban J connectivity index is 1.35. The Kier molecular flexibility index (Phi) is 6.67. The molecule has 4 heteroatoms. The summed E-state index contributed by atoms with van der Waals surface area (Å²) in [5, 5.41) is 1.54. The van der Waals surface area contributed by atoms with Crippen molar-refractivity contribution in [3.63, 3.8) is 0 Å². The molecule has 1 fully saturated rings. The standard InChI is InChI=1S/C36H34N2O2/c1-35(2)36(3,4)40-38(39-35)34-25-23-33(24-26-34)37(31-19-15-29(16-20-31)27-11-7-5-8-12-27)32-21-17-30(18-22-32)28-13-9-6-10-14-28/h5-26H,1-4H3. The van der Waals surface area contributed by atoms with Gasteiger partial charge >= 0.3 is 0 Å². The van der Waals surface area contributed by atoms with Crippen molar-refractivity contribution in [1.29, 1.82) is 0 Å². The quantitative estimate of drug-likeness (QED) is 0.220. The lowest BCUT2D eigenvalue weighted by Gasteiger charge is -2.26. The Morgan fingerprint density at radius 3 is 1.12 bits per heavy atom. The van der Waals surface area contributed by atoms with E-state index in [1.54, 1.807) is 0 Å². The topological polar surface area (TPSA) is 24.9 Å².